The zero-order valence-corrected chi connectivity index (χ0v) is 18.6. The van der Waals surface area contributed by atoms with Gasteiger partial charge in [-0.25, -0.2) is 4.39 Å². The molecule has 0 aliphatic heterocycles. The molecule has 0 radical (unpaired) electrons. The number of carbonyl (C=O) groups excluding carboxylic acids is 1. The first-order valence-corrected chi connectivity index (χ1v) is 11.1. The molecule has 9 heteroatoms. The fourth-order valence-electron chi connectivity index (χ4n) is 3.80. The molecule has 1 unspecified atom stereocenters. The Morgan fingerprint density at radius 2 is 2.00 bits per heavy atom. The van der Waals surface area contributed by atoms with Crippen LogP contribution in [0.5, 0.6) is 5.75 Å². The van der Waals surface area contributed by atoms with E-state index in [0.29, 0.717) is 22.9 Å². The number of aliphatic hydroxyl groups excluding tert-OH is 1. The summed E-state index contributed by atoms with van der Waals surface area (Å²) in [7, 11) is 0. The highest BCUT2D eigenvalue weighted by atomic mass is 35.5. The summed E-state index contributed by atoms with van der Waals surface area (Å²) in [6, 6.07) is 11.2. The molecule has 1 heterocycles. The predicted molar refractivity (Wildman–Crippen MR) is 121 cm³/mol. The fourth-order valence-corrected chi connectivity index (χ4v) is 4.10. The molecular formula is C23H23Cl2FN2O4. The lowest BCUT2D eigenvalue weighted by molar-refractivity contribution is 0.0910. The second-order valence-electron chi connectivity index (χ2n) is 7.92. The van der Waals surface area contributed by atoms with Gasteiger partial charge in [0, 0.05) is 35.1 Å². The number of amides is 1. The van der Waals surface area contributed by atoms with Crippen molar-refractivity contribution in [1.29, 1.82) is 0 Å². The topological polar surface area (TPSA) is 83.7 Å². The molecule has 0 saturated heterocycles. The molecule has 1 amide bonds. The van der Waals surface area contributed by atoms with Gasteiger partial charge in [0.25, 0.3) is 5.91 Å². The number of nitrogens with one attached hydrogen (secondary N) is 2. The van der Waals surface area contributed by atoms with Crippen molar-refractivity contribution in [2.75, 3.05) is 13.2 Å². The monoisotopic (exact) mass is 480 g/mol. The van der Waals surface area contributed by atoms with E-state index in [-0.39, 0.29) is 35.4 Å². The molecule has 3 aromatic rings. The van der Waals surface area contributed by atoms with Crippen LogP contribution in [-0.4, -0.2) is 42.4 Å². The van der Waals surface area contributed by atoms with Gasteiger partial charge in [0.2, 0.25) is 0 Å². The molecule has 1 aromatic heterocycles. The molecule has 2 aromatic carbocycles. The zero-order chi connectivity index (χ0) is 22.7. The van der Waals surface area contributed by atoms with E-state index < -0.39 is 11.9 Å². The molecule has 4 rings (SSSR count). The zero-order valence-electron chi connectivity index (χ0n) is 17.1. The predicted octanol–water partition coefficient (Wildman–Crippen LogP) is 4.56. The Morgan fingerprint density at radius 3 is 2.81 bits per heavy atom. The molecule has 170 valence electrons. The third-order valence-electron chi connectivity index (χ3n) is 5.45. The Labute approximate surface area is 194 Å². The summed E-state index contributed by atoms with van der Waals surface area (Å²) in [5.41, 5.74) is 0.614. The van der Waals surface area contributed by atoms with Gasteiger partial charge < -0.3 is 24.9 Å². The van der Waals surface area contributed by atoms with Crippen molar-refractivity contribution in [2.24, 2.45) is 0 Å². The minimum absolute atomic E-state index is 0.0160. The largest absolute Gasteiger partial charge is 0.491 e. The van der Waals surface area contributed by atoms with Gasteiger partial charge in [-0.1, -0.05) is 23.2 Å². The van der Waals surface area contributed by atoms with Crippen LogP contribution in [-0.2, 0) is 0 Å². The van der Waals surface area contributed by atoms with Crippen molar-refractivity contribution < 1.29 is 23.4 Å². The Balaban J connectivity index is 1.20. The molecule has 1 aliphatic rings. The van der Waals surface area contributed by atoms with Crippen molar-refractivity contribution >= 4 is 40.1 Å². The molecule has 1 fully saturated rings. The third-order valence-corrected chi connectivity index (χ3v) is 5.99. The number of benzene rings is 2. The lowest BCUT2D eigenvalue weighted by Gasteiger charge is -2.17. The van der Waals surface area contributed by atoms with Gasteiger partial charge >= 0.3 is 0 Å². The van der Waals surface area contributed by atoms with Crippen LogP contribution >= 0.6 is 23.2 Å². The summed E-state index contributed by atoms with van der Waals surface area (Å²) in [6.07, 6.45) is 1.68. The van der Waals surface area contributed by atoms with E-state index in [1.54, 1.807) is 30.3 Å². The molecule has 6 nitrogen and oxygen atoms in total. The minimum Gasteiger partial charge on any atom is -0.491 e. The van der Waals surface area contributed by atoms with Crippen molar-refractivity contribution in [3.63, 3.8) is 0 Å². The summed E-state index contributed by atoms with van der Waals surface area (Å²) in [6.45, 7) is 0.350. The first-order valence-electron chi connectivity index (χ1n) is 10.4. The summed E-state index contributed by atoms with van der Waals surface area (Å²) in [4.78, 5) is 12.5. The van der Waals surface area contributed by atoms with Crippen LogP contribution in [0.4, 0.5) is 4.39 Å². The number of hydrogen-bond acceptors (Lipinski definition) is 5. The number of halogens is 3. The van der Waals surface area contributed by atoms with Crippen LogP contribution in [0.25, 0.3) is 11.0 Å². The number of carbonyl (C=O) groups is 1. The highest BCUT2D eigenvalue weighted by Crippen LogP contribution is 2.25. The van der Waals surface area contributed by atoms with E-state index >= 15 is 0 Å². The number of aliphatic hydroxyl groups is 1. The van der Waals surface area contributed by atoms with Crippen LogP contribution in [0.15, 0.2) is 46.9 Å². The van der Waals surface area contributed by atoms with Crippen LogP contribution in [0, 0.1) is 5.82 Å². The molecular weight excluding hydrogens is 458 g/mol. The summed E-state index contributed by atoms with van der Waals surface area (Å²) >= 11 is 11.6. The lowest BCUT2D eigenvalue weighted by atomic mass is 10.2. The van der Waals surface area contributed by atoms with Gasteiger partial charge in [0.05, 0.1) is 5.02 Å². The van der Waals surface area contributed by atoms with Crippen LogP contribution in [0.1, 0.15) is 29.8 Å². The summed E-state index contributed by atoms with van der Waals surface area (Å²) in [5, 5.41) is 17.8. The van der Waals surface area contributed by atoms with E-state index in [1.165, 1.54) is 12.1 Å². The standard InChI is InChI=1S/C23H23Cl2FN2O4/c24-14-1-6-21-13(7-14)8-22(32-21)23(30)28-16-3-2-15(9-16)27-11-17(29)12-31-18-4-5-19(25)20(26)10-18/h1,4-8,10,15-17,27,29H,2-3,9,11-12H2,(H,28,30)/t15-,16+,17?/m1/s1. The SMILES string of the molecule is O=C(N[C@H]1CC[C@@H](NCC(O)COc2ccc(Cl)c(F)c2)C1)c1cc2cc(Cl)ccc2o1. The third kappa shape index (κ3) is 5.72. The maximum Gasteiger partial charge on any atom is 0.287 e. The van der Waals surface area contributed by atoms with Crippen LogP contribution in [0.3, 0.4) is 0 Å². The summed E-state index contributed by atoms with van der Waals surface area (Å²) < 4.78 is 24.5. The second kappa shape index (κ2) is 10.1. The van der Waals surface area contributed by atoms with Gasteiger partial charge in [-0.15, -0.1) is 0 Å². The number of furan rings is 1. The quantitative estimate of drug-likeness (QED) is 0.440. The summed E-state index contributed by atoms with van der Waals surface area (Å²) in [5.74, 6) is -0.263. The van der Waals surface area contributed by atoms with E-state index in [4.69, 9.17) is 32.4 Å². The first-order chi connectivity index (χ1) is 15.4. The van der Waals surface area contributed by atoms with E-state index in [1.807, 2.05) is 0 Å². The van der Waals surface area contributed by atoms with Gasteiger partial charge in [-0.3, -0.25) is 4.79 Å². The molecule has 3 atom stereocenters. The van der Waals surface area contributed by atoms with Crippen molar-refractivity contribution in [3.05, 3.63) is 64.1 Å². The normalized spacial score (nSPS) is 19.2. The fraction of sp³-hybridized carbons (Fsp3) is 0.348. The Hall–Kier alpha value is -2.32. The minimum atomic E-state index is -0.759. The van der Waals surface area contributed by atoms with Gasteiger partial charge in [-0.05, 0) is 55.7 Å². The van der Waals surface area contributed by atoms with Crippen LogP contribution < -0.4 is 15.4 Å². The molecule has 32 heavy (non-hydrogen) atoms. The number of ether oxygens (including phenoxy) is 1. The van der Waals surface area contributed by atoms with E-state index in [0.717, 1.165) is 24.6 Å². The lowest BCUT2D eigenvalue weighted by Crippen LogP contribution is -2.39. The molecule has 1 saturated carbocycles. The molecule has 0 bridgehead atoms. The van der Waals surface area contributed by atoms with E-state index in [9.17, 15) is 14.3 Å². The average Bonchev–Trinajstić information content (AvgIpc) is 3.39. The van der Waals surface area contributed by atoms with Crippen molar-refractivity contribution in [2.45, 2.75) is 37.5 Å². The smallest absolute Gasteiger partial charge is 0.287 e. The Bertz CT molecular complexity index is 1110. The molecule has 3 N–H and O–H groups in total. The molecule has 0 spiro atoms. The highest BCUT2D eigenvalue weighted by Gasteiger charge is 2.27. The Kier molecular flexibility index (Phi) is 7.20. The second-order valence-corrected chi connectivity index (χ2v) is 8.77. The number of hydrogen-bond donors (Lipinski definition) is 3. The van der Waals surface area contributed by atoms with Gasteiger partial charge in [0.1, 0.15) is 29.9 Å². The highest BCUT2D eigenvalue weighted by molar-refractivity contribution is 6.31. The van der Waals surface area contributed by atoms with E-state index in [2.05, 4.69) is 10.6 Å². The van der Waals surface area contributed by atoms with Crippen molar-refractivity contribution in [3.8, 4) is 5.75 Å². The number of rotatable bonds is 8. The maximum absolute atomic E-state index is 13.4. The average molecular weight is 481 g/mol. The molecule has 1 aliphatic carbocycles. The van der Waals surface area contributed by atoms with Crippen molar-refractivity contribution in [1.82, 2.24) is 10.6 Å². The number of fused-ring (bicyclic) bond motifs is 1. The first kappa shape index (κ1) is 22.9. The Morgan fingerprint density at radius 1 is 1.19 bits per heavy atom. The van der Waals surface area contributed by atoms with Gasteiger partial charge in [0.15, 0.2) is 5.76 Å². The van der Waals surface area contributed by atoms with Crippen LogP contribution in [0.2, 0.25) is 10.0 Å². The maximum atomic E-state index is 13.4. The van der Waals surface area contributed by atoms with Gasteiger partial charge in [-0.2, -0.15) is 0 Å².